The highest BCUT2D eigenvalue weighted by molar-refractivity contribution is 5.03. The third kappa shape index (κ3) is 3.00. The molecule has 15 heavy (non-hydrogen) atoms. The number of nitrogens with two attached hydrogens (primary N) is 1. The maximum atomic E-state index is 5.44. The van der Waals surface area contributed by atoms with E-state index in [0.717, 1.165) is 37.8 Å². The van der Waals surface area contributed by atoms with Crippen LogP contribution in [0.5, 0.6) is 0 Å². The summed E-state index contributed by atoms with van der Waals surface area (Å²) in [6.07, 6.45) is 3.42. The van der Waals surface area contributed by atoms with Crippen LogP contribution < -0.4 is 5.73 Å². The molecule has 0 saturated heterocycles. The average Bonchev–Trinajstić information content (AvgIpc) is 2.98. The van der Waals surface area contributed by atoms with Gasteiger partial charge in [-0.2, -0.15) is 4.98 Å². The molecule has 1 aromatic heterocycles. The Morgan fingerprint density at radius 1 is 1.53 bits per heavy atom. The zero-order chi connectivity index (χ0) is 10.7. The molecule has 0 bridgehead atoms. The molecule has 0 unspecified atom stereocenters. The van der Waals surface area contributed by atoms with Crippen LogP contribution in [0, 0.1) is 0 Å². The number of hydrogen-bond acceptors (Lipinski definition) is 5. The van der Waals surface area contributed by atoms with Gasteiger partial charge in [0.1, 0.15) is 0 Å². The van der Waals surface area contributed by atoms with Crippen LogP contribution in [0.15, 0.2) is 4.52 Å². The van der Waals surface area contributed by atoms with Crippen LogP contribution in [0.25, 0.3) is 0 Å². The summed E-state index contributed by atoms with van der Waals surface area (Å²) in [6, 6.07) is 0. The maximum Gasteiger partial charge on any atom is 0.240 e. The van der Waals surface area contributed by atoms with Gasteiger partial charge in [0, 0.05) is 5.92 Å². The Morgan fingerprint density at radius 2 is 2.33 bits per heavy atom. The molecule has 0 spiro atoms. The monoisotopic (exact) mass is 210 g/mol. The van der Waals surface area contributed by atoms with Crippen LogP contribution in [-0.4, -0.2) is 35.2 Å². The summed E-state index contributed by atoms with van der Waals surface area (Å²) in [4.78, 5) is 6.52. The fourth-order valence-corrected chi connectivity index (χ4v) is 1.51. The summed E-state index contributed by atoms with van der Waals surface area (Å²) in [7, 11) is 2.04. The second kappa shape index (κ2) is 4.72. The molecule has 2 N–H and O–H groups in total. The fraction of sp³-hybridized carbons (Fsp3) is 0.800. The molecule has 5 nitrogen and oxygen atoms in total. The van der Waals surface area contributed by atoms with E-state index in [9.17, 15) is 0 Å². The van der Waals surface area contributed by atoms with E-state index >= 15 is 0 Å². The highest BCUT2D eigenvalue weighted by atomic mass is 16.5. The normalized spacial score (nSPS) is 16.2. The van der Waals surface area contributed by atoms with Crippen molar-refractivity contribution in [3.8, 4) is 0 Å². The largest absolute Gasteiger partial charge is 0.338 e. The molecular weight excluding hydrogens is 192 g/mol. The summed E-state index contributed by atoms with van der Waals surface area (Å²) in [5.74, 6) is 2.17. The molecule has 0 amide bonds. The Kier molecular flexibility index (Phi) is 3.33. The Hall–Kier alpha value is -0.940. The quantitative estimate of drug-likeness (QED) is 0.749. The van der Waals surface area contributed by atoms with Gasteiger partial charge < -0.3 is 10.3 Å². The molecule has 1 aromatic rings. The molecule has 0 radical (unpaired) electrons. The Morgan fingerprint density at radius 3 is 3.00 bits per heavy atom. The molecule has 2 rings (SSSR count). The summed E-state index contributed by atoms with van der Waals surface area (Å²) < 4.78 is 5.18. The van der Waals surface area contributed by atoms with Gasteiger partial charge in [0.25, 0.3) is 0 Å². The van der Waals surface area contributed by atoms with Gasteiger partial charge in [-0.3, -0.25) is 4.90 Å². The molecule has 0 aliphatic heterocycles. The van der Waals surface area contributed by atoms with E-state index in [2.05, 4.69) is 15.0 Å². The number of hydrogen-bond donors (Lipinski definition) is 1. The van der Waals surface area contributed by atoms with Gasteiger partial charge in [-0.1, -0.05) is 5.16 Å². The van der Waals surface area contributed by atoms with Crippen LogP contribution in [0.3, 0.4) is 0 Å². The van der Waals surface area contributed by atoms with E-state index in [4.69, 9.17) is 10.3 Å². The van der Waals surface area contributed by atoms with Crippen molar-refractivity contribution in [1.82, 2.24) is 15.0 Å². The van der Waals surface area contributed by atoms with Crippen molar-refractivity contribution < 1.29 is 4.52 Å². The van der Waals surface area contributed by atoms with E-state index in [0.29, 0.717) is 5.92 Å². The van der Waals surface area contributed by atoms with Gasteiger partial charge in [-0.15, -0.1) is 0 Å². The second-order valence-electron chi connectivity index (χ2n) is 4.20. The minimum absolute atomic E-state index is 0.567. The lowest BCUT2D eigenvalue weighted by atomic mass is 10.4. The fourth-order valence-electron chi connectivity index (χ4n) is 1.51. The first-order chi connectivity index (χ1) is 7.29. The van der Waals surface area contributed by atoms with Crippen molar-refractivity contribution in [2.75, 3.05) is 20.1 Å². The molecule has 0 atom stereocenters. The molecular formula is C10H18N4O. The third-order valence-corrected chi connectivity index (χ3v) is 2.58. The van der Waals surface area contributed by atoms with E-state index in [-0.39, 0.29) is 0 Å². The Balaban J connectivity index is 1.81. The zero-order valence-corrected chi connectivity index (χ0v) is 9.15. The lowest BCUT2D eigenvalue weighted by molar-refractivity contribution is 0.265. The topological polar surface area (TPSA) is 68.2 Å². The lowest BCUT2D eigenvalue weighted by Gasteiger charge is -2.12. The molecule has 5 heteroatoms. The van der Waals surface area contributed by atoms with E-state index in [1.807, 2.05) is 7.05 Å². The molecule has 1 aliphatic carbocycles. The van der Waals surface area contributed by atoms with Crippen LogP contribution in [-0.2, 0) is 6.54 Å². The summed E-state index contributed by atoms with van der Waals surface area (Å²) in [5.41, 5.74) is 5.44. The number of aromatic nitrogens is 2. The van der Waals surface area contributed by atoms with Gasteiger partial charge in [0.05, 0.1) is 6.54 Å². The lowest BCUT2D eigenvalue weighted by Crippen LogP contribution is -2.21. The minimum Gasteiger partial charge on any atom is -0.338 e. The average molecular weight is 210 g/mol. The first kappa shape index (κ1) is 10.6. The smallest absolute Gasteiger partial charge is 0.240 e. The number of nitrogens with zero attached hydrogens (tertiary/aromatic N) is 3. The highest BCUT2D eigenvalue weighted by Crippen LogP contribution is 2.38. The molecule has 1 saturated carbocycles. The van der Waals surface area contributed by atoms with Gasteiger partial charge in [0.2, 0.25) is 5.89 Å². The molecule has 84 valence electrons. The Bertz CT molecular complexity index is 308. The summed E-state index contributed by atoms with van der Waals surface area (Å²) >= 11 is 0. The third-order valence-electron chi connectivity index (χ3n) is 2.58. The van der Waals surface area contributed by atoms with E-state index < -0.39 is 0 Å². The standard InChI is InChI=1S/C10H18N4O/c1-14(6-2-5-11)7-9-12-10(13-15-9)8-3-4-8/h8H,2-7,11H2,1H3. The van der Waals surface area contributed by atoms with Crippen LogP contribution >= 0.6 is 0 Å². The van der Waals surface area contributed by atoms with Crippen LogP contribution in [0.2, 0.25) is 0 Å². The molecule has 1 heterocycles. The van der Waals surface area contributed by atoms with Crippen molar-refractivity contribution in [1.29, 1.82) is 0 Å². The van der Waals surface area contributed by atoms with Crippen molar-refractivity contribution >= 4 is 0 Å². The second-order valence-corrected chi connectivity index (χ2v) is 4.20. The predicted octanol–water partition coefficient (Wildman–Crippen LogP) is 0.728. The highest BCUT2D eigenvalue weighted by Gasteiger charge is 2.28. The summed E-state index contributed by atoms with van der Waals surface area (Å²) in [6.45, 7) is 2.42. The van der Waals surface area contributed by atoms with Crippen molar-refractivity contribution in [2.45, 2.75) is 31.7 Å². The van der Waals surface area contributed by atoms with Crippen molar-refractivity contribution in [3.63, 3.8) is 0 Å². The molecule has 0 aromatic carbocycles. The van der Waals surface area contributed by atoms with Crippen molar-refractivity contribution in [2.24, 2.45) is 5.73 Å². The van der Waals surface area contributed by atoms with E-state index in [1.165, 1.54) is 12.8 Å². The zero-order valence-electron chi connectivity index (χ0n) is 9.15. The van der Waals surface area contributed by atoms with Crippen LogP contribution in [0.4, 0.5) is 0 Å². The van der Waals surface area contributed by atoms with Gasteiger partial charge >= 0.3 is 0 Å². The first-order valence-corrected chi connectivity index (χ1v) is 5.50. The van der Waals surface area contributed by atoms with Crippen molar-refractivity contribution in [3.05, 3.63) is 11.7 Å². The van der Waals surface area contributed by atoms with Gasteiger partial charge in [-0.05, 0) is 39.4 Å². The van der Waals surface area contributed by atoms with Crippen LogP contribution in [0.1, 0.15) is 36.9 Å². The van der Waals surface area contributed by atoms with Gasteiger partial charge in [0.15, 0.2) is 5.82 Å². The summed E-state index contributed by atoms with van der Waals surface area (Å²) in [5, 5.41) is 3.97. The number of rotatable bonds is 6. The predicted molar refractivity (Wildman–Crippen MR) is 56.3 cm³/mol. The Labute approximate surface area is 89.6 Å². The van der Waals surface area contributed by atoms with Gasteiger partial charge in [-0.25, -0.2) is 0 Å². The maximum absolute atomic E-state index is 5.44. The molecule has 1 fully saturated rings. The SMILES string of the molecule is CN(CCCN)Cc1nc(C2CC2)no1. The first-order valence-electron chi connectivity index (χ1n) is 5.50. The minimum atomic E-state index is 0.567. The molecule has 1 aliphatic rings. The van der Waals surface area contributed by atoms with E-state index in [1.54, 1.807) is 0 Å².